The Morgan fingerprint density at radius 3 is 2.00 bits per heavy atom. The number of hydrogen-bond acceptors (Lipinski definition) is 5. The van der Waals surface area contributed by atoms with E-state index >= 15 is 0 Å². The minimum atomic E-state index is -2.48. The van der Waals surface area contributed by atoms with Gasteiger partial charge >= 0.3 is 0 Å². The third kappa shape index (κ3) is 2.81. The topological polar surface area (TPSA) is 46.9 Å². The molecule has 0 aliphatic carbocycles. The van der Waals surface area contributed by atoms with Gasteiger partial charge in [0.1, 0.15) is 0 Å². The highest BCUT2D eigenvalue weighted by Gasteiger charge is 2.21. The Hall–Kier alpha value is 0.540. The van der Waals surface area contributed by atoms with E-state index in [1.165, 1.54) is 6.26 Å². The summed E-state index contributed by atoms with van der Waals surface area (Å²) in [5.74, 6) is 0. The van der Waals surface area contributed by atoms with Crippen LogP contribution in [0.4, 0.5) is 0 Å². The van der Waals surface area contributed by atoms with E-state index in [9.17, 15) is 9.11 Å². The van der Waals surface area contributed by atoms with Crippen LogP contribution in [-0.2, 0) is 0 Å². The van der Waals surface area contributed by atoms with Crippen molar-refractivity contribution < 1.29 is 9.11 Å². The minimum absolute atomic E-state index is 0.683. The fraction of sp³-hybridized carbons (Fsp3) is 1.00. The van der Waals surface area contributed by atoms with Crippen molar-refractivity contribution in [2.75, 3.05) is 32.4 Å². The van der Waals surface area contributed by atoms with Crippen LogP contribution < -0.4 is 0 Å². The van der Waals surface area contributed by atoms with Gasteiger partial charge in [-0.3, -0.25) is 13.4 Å². The van der Waals surface area contributed by atoms with Crippen LogP contribution in [0.2, 0.25) is 0 Å². The van der Waals surface area contributed by atoms with Crippen molar-refractivity contribution in [2.24, 2.45) is 0 Å². The Morgan fingerprint density at radius 1 is 1.18 bits per heavy atom. The first-order valence-corrected chi connectivity index (χ1v) is 5.73. The lowest BCUT2D eigenvalue weighted by molar-refractivity contribution is 0.268. The molecule has 0 spiro atoms. The van der Waals surface area contributed by atoms with E-state index in [0.29, 0.717) is 13.1 Å². The smallest absolute Gasteiger partial charge is 0.0418 e. The molecule has 0 aromatic heterocycles. The predicted molar refractivity (Wildman–Crippen MR) is 50.9 cm³/mol. The lowest BCUT2D eigenvalue weighted by Gasteiger charge is -2.43. The normalized spacial score (nSPS) is 25.5. The number of rotatable bonds is 1. The SMILES string of the molecule is CS(O)(O)N1CCN(S)CC1. The fourth-order valence-corrected chi connectivity index (χ4v) is 2.06. The van der Waals surface area contributed by atoms with Gasteiger partial charge in [-0.1, -0.05) is 12.8 Å². The van der Waals surface area contributed by atoms with Gasteiger partial charge in [-0.15, -0.1) is 10.8 Å². The van der Waals surface area contributed by atoms with Gasteiger partial charge < -0.3 is 0 Å². The van der Waals surface area contributed by atoms with Crippen molar-refractivity contribution in [1.29, 1.82) is 0 Å². The van der Waals surface area contributed by atoms with Crippen molar-refractivity contribution in [2.45, 2.75) is 0 Å². The lowest BCUT2D eigenvalue weighted by atomic mass is 10.4. The van der Waals surface area contributed by atoms with E-state index in [1.807, 2.05) is 4.31 Å². The number of hydrogen-bond donors (Lipinski definition) is 3. The molecule has 0 bridgehead atoms. The van der Waals surface area contributed by atoms with E-state index in [2.05, 4.69) is 12.8 Å². The van der Waals surface area contributed by atoms with Crippen LogP contribution in [-0.4, -0.2) is 50.2 Å². The number of piperazine rings is 1. The predicted octanol–water partition coefficient (Wildman–Crippen LogP) is 0.744. The molecule has 0 radical (unpaired) electrons. The highest BCUT2D eigenvalue weighted by Crippen LogP contribution is 2.38. The molecule has 1 saturated heterocycles. The second-order valence-electron chi connectivity index (χ2n) is 2.68. The molecule has 6 heteroatoms. The molecule has 1 heterocycles. The molecular weight excluding hydrogens is 184 g/mol. The average Bonchev–Trinajstić information content (AvgIpc) is 1.86. The maximum Gasteiger partial charge on any atom is 0.0418 e. The minimum Gasteiger partial charge on any atom is -0.286 e. The summed E-state index contributed by atoms with van der Waals surface area (Å²) in [6, 6.07) is 0. The number of thiol groups is 1. The van der Waals surface area contributed by atoms with Gasteiger partial charge in [0, 0.05) is 32.4 Å². The van der Waals surface area contributed by atoms with Crippen molar-refractivity contribution >= 4 is 23.6 Å². The summed E-state index contributed by atoms with van der Waals surface area (Å²) in [7, 11) is -2.48. The molecule has 0 atom stereocenters. The molecule has 4 nitrogen and oxygen atoms in total. The average molecular weight is 198 g/mol. The lowest BCUT2D eigenvalue weighted by Crippen LogP contribution is -2.43. The van der Waals surface area contributed by atoms with Crippen molar-refractivity contribution in [3.8, 4) is 0 Å². The van der Waals surface area contributed by atoms with Crippen molar-refractivity contribution in [3.05, 3.63) is 0 Å². The quantitative estimate of drug-likeness (QED) is 0.544. The van der Waals surface area contributed by atoms with Crippen LogP contribution in [0.25, 0.3) is 0 Å². The Morgan fingerprint density at radius 2 is 1.64 bits per heavy atom. The van der Waals surface area contributed by atoms with E-state index in [1.54, 1.807) is 4.31 Å². The summed E-state index contributed by atoms with van der Waals surface area (Å²) in [4.78, 5) is 0. The zero-order valence-electron chi connectivity index (χ0n) is 6.47. The van der Waals surface area contributed by atoms with Gasteiger partial charge in [-0.2, -0.15) is 0 Å². The molecule has 0 amide bonds. The first-order valence-electron chi connectivity index (χ1n) is 3.42. The number of nitrogens with zero attached hydrogens (tertiary/aromatic N) is 2. The highest BCUT2D eigenvalue weighted by molar-refractivity contribution is 8.21. The third-order valence-electron chi connectivity index (χ3n) is 1.70. The van der Waals surface area contributed by atoms with Gasteiger partial charge in [0.15, 0.2) is 0 Å². The maximum absolute atomic E-state index is 9.25. The van der Waals surface area contributed by atoms with Crippen LogP contribution in [0, 0.1) is 0 Å². The Labute approximate surface area is 74.2 Å². The summed E-state index contributed by atoms with van der Waals surface area (Å²) >= 11 is 4.15. The fourth-order valence-electron chi connectivity index (χ4n) is 1.02. The van der Waals surface area contributed by atoms with Crippen LogP contribution >= 0.6 is 23.6 Å². The molecule has 11 heavy (non-hydrogen) atoms. The second-order valence-corrected chi connectivity index (χ2v) is 5.34. The van der Waals surface area contributed by atoms with E-state index in [0.717, 1.165) is 13.1 Å². The zero-order chi connectivity index (χ0) is 8.48. The molecular formula is C5H14N2O2S2. The maximum atomic E-state index is 9.25. The Bertz CT molecular complexity index is 131. The van der Waals surface area contributed by atoms with Gasteiger partial charge in [0.05, 0.1) is 0 Å². The molecule has 0 aromatic carbocycles. The summed E-state index contributed by atoms with van der Waals surface area (Å²) in [6.07, 6.45) is 1.46. The standard InChI is InChI=1S/C5H14N2O2S2/c1-11(8,9)7-4-2-6(10)3-5-7/h8-10H,2-5H2,1H3. The van der Waals surface area contributed by atoms with Crippen LogP contribution in [0.15, 0.2) is 0 Å². The molecule has 0 unspecified atom stereocenters. The summed E-state index contributed by atoms with van der Waals surface area (Å²) in [6.45, 7) is 2.93. The first-order chi connectivity index (χ1) is 5.00. The van der Waals surface area contributed by atoms with Crippen LogP contribution in [0.1, 0.15) is 0 Å². The van der Waals surface area contributed by atoms with E-state index in [4.69, 9.17) is 0 Å². The third-order valence-corrected chi connectivity index (χ3v) is 3.45. The van der Waals surface area contributed by atoms with Gasteiger partial charge in [0.25, 0.3) is 0 Å². The molecule has 1 aliphatic heterocycles. The molecule has 1 aliphatic rings. The Kier molecular flexibility index (Phi) is 3.07. The zero-order valence-corrected chi connectivity index (χ0v) is 8.18. The molecule has 1 rings (SSSR count). The van der Waals surface area contributed by atoms with Crippen LogP contribution in [0.3, 0.4) is 0 Å². The Balaban J connectivity index is 2.39. The van der Waals surface area contributed by atoms with E-state index < -0.39 is 10.8 Å². The van der Waals surface area contributed by atoms with Gasteiger partial charge in [-0.05, 0) is 0 Å². The molecule has 68 valence electrons. The molecule has 1 fully saturated rings. The van der Waals surface area contributed by atoms with Crippen LogP contribution in [0.5, 0.6) is 0 Å². The monoisotopic (exact) mass is 198 g/mol. The highest BCUT2D eigenvalue weighted by atomic mass is 32.3. The second kappa shape index (κ2) is 3.51. The largest absolute Gasteiger partial charge is 0.286 e. The van der Waals surface area contributed by atoms with E-state index in [-0.39, 0.29) is 0 Å². The molecule has 0 aromatic rings. The summed E-state index contributed by atoms with van der Waals surface area (Å²) in [5, 5.41) is 0. The van der Waals surface area contributed by atoms with Crippen molar-refractivity contribution in [1.82, 2.24) is 8.61 Å². The molecule has 2 N–H and O–H groups in total. The van der Waals surface area contributed by atoms with Crippen molar-refractivity contribution in [3.63, 3.8) is 0 Å². The molecule has 0 saturated carbocycles. The van der Waals surface area contributed by atoms with Gasteiger partial charge in [0.2, 0.25) is 0 Å². The summed E-state index contributed by atoms with van der Waals surface area (Å²) in [5.41, 5.74) is 0. The first kappa shape index (κ1) is 9.63. The van der Waals surface area contributed by atoms with Gasteiger partial charge in [-0.25, -0.2) is 4.31 Å². The summed E-state index contributed by atoms with van der Waals surface area (Å²) < 4.78 is 22.1.